The fourth-order valence-corrected chi connectivity index (χ4v) is 3.73. The molecule has 0 aliphatic rings. The first-order chi connectivity index (χ1) is 13.5. The van der Waals surface area contributed by atoms with Crippen LogP contribution in [-0.4, -0.2) is 25.6 Å². The van der Waals surface area contributed by atoms with E-state index in [0.29, 0.717) is 34.0 Å². The number of nitro groups is 1. The van der Waals surface area contributed by atoms with Crippen LogP contribution in [-0.2, 0) is 12.3 Å². The van der Waals surface area contributed by atoms with Crippen molar-refractivity contribution < 1.29 is 9.72 Å². The fourth-order valence-electron chi connectivity index (χ4n) is 2.44. The number of non-ortho nitro benzene ring substituents is 1. The summed E-state index contributed by atoms with van der Waals surface area (Å²) in [6.07, 6.45) is 0. The molecule has 3 aromatic rings. The van der Waals surface area contributed by atoms with Crippen molar-refractivity contribution in [2.45, 2.75) is 24.4 Å². The normalized spacial score (nSPS) is 10.6. The van der Waals surface area contributed by atoms with Crippen LogP contribution >= 0.6 is 23.4 Å². The number of nitrogens with zero attached hydrogens (tertiary/aromatic N) is 4. The van der Waals surface area contributed by atoms with E-state index in [1.807, 2.05) is 31.2 Å². The molecule has 0 saturated heterocycles. The maximum atomic E-state index is 12.4. The van der Waals surface area contributed by atoms with Crippen molar-refractivity contribution in [3.8, 4) is 0 Å². The molecule has 0 aliphatic heterocycles. The van der Waals surface area contributed by atoms with Crippen molar-refractivity contribution in [1.29, 1.82) is 0 Å². The highest BCUT2D eigenvalue weighted by atomic mass is 35.5. The number of rotatable bonds is 7. The topological polar surface area (TPSA) is 103 Å². The Bertz CT molecular complexity index is 1010. The SMILES string of the molecule is CCn1c(NC(=O)c2ccc([N+](=O)[O-])cc2)nnc1SCc1ccccc1Cl. The fraction of sp³-hybridized carbons (Fsp3) is 0.167. The summed E-state index contributed by atoms with van der Waals surface area (Å²) in [6.45, 7) is 2.48. The molecule has 1 N–H and O–H groups in total. The van der Waals surface area contributed by atoms with Gasteiger partial charge in [0.05, 0.1) is 4.92 Å². The van der Waals surface area contributed by atoms with Crippen molar-refractivity contribution in [1.82, 2.24) is 14.8 Å². The summed E-state index contributed by atoms with van der Waals surface area (Å²) in [6, 6.07) is 12.9. The molecule has 0 aliphatic carbocycles. The smallest absolute Gasteiger partial charge is 0.269 e. The van der Waals surface area contributed by atoms with Gasteiger partial charge in [0, 0.05) is 35.0 Å². The number of anilines is 1. The van der Waals surface area contributed by atoms with Crippen molar-refractivity contribution in [3.63, 3.8) is 0 Å². The van der Waals surface area contributed by atoms with Gasteiger partial charge in [-0.1, -0.05) is 41.6 Å². The number of thioether (sulfide) groups is 1. The van der Waals surface area contributed by atoms with Gasteiger partial charge in [-0.25, -0.2) is 0 Å². The molecule has 10 heteroatoms. The zero-order valence-electron chi connectivity index (χ0n) is 14.8. The van der Waals surface area contributed by atoms with Crippen LogP contribution < -0.4 is 5.32 Å². The van der Waals surface area contributed by atoms with Crippen LogP contribution in [0.15, 0.2) is 53.7 Å². The van der Waals surface area contributed by atoms with E-state index in [4.69, 9.17) is 11.6 Å². The Kier molecular flexibility index (Phi) is 6.27. The van der Waals surface area contributed by atoms with Crippen molar-refractivity contribution >= 4 is 40.9 Å². The van der Waals surface area contributed by atoms with E-state index < -0.39 is 10.8 Å². The van der Waals surface area contributed by atoms with Crippen LogP contribution in [0.5, 0.6) is 0 Å². The van der Waals surface area contributed by atoms with Crippen molar-refractivity contribution in [3.05, 3.63) is 74.8 Å². The number of aromatic nitrogens is 3. The second kappa shape index (κ2) is 8.85. The molecule has 3 rings (SSSR count). The van der Waals surface area contributed by atoms with Gasteiger partial charge in [-0.2, -0.15) is 0 Å². The van der Waals surface area contributed by atoms with Gasteiger partial charge in [0.1, 0.15) is 0 Å². The van der Waals surface area contributed by atoms with Gasteiger partial charge in [0.2, 0.25) is 5.95 Å². The summed E-state index contributed by atoms with van der Waals surface area (Å²) >= 11 is 7.65. The largest absolute Gasteiger partial charge is 0.290 e. The predicted octanol–water partition coefficient (Wildman–Crippen LogP) is 4.40. The molecule has 0 bridgehead atoms. The van der Waals surface area contributed by atoms with Crippen LogP contribution in [0.1, 0.15) is 22.8 Å². The highest BCUT2D eigenvalue weighted by Gasteiger charge is 2.16. The average Bonchev–Trinajstić information content (AvgIpc) is 3.08. The predicted molar refractivity (Wildman–Crippen MR) is 108 cm³/mol. The number of carbonyl (C=O) groups is 1. The summed E-state index contributed by atoms with van der Waals surface area (Å²) in [5.74, 6) is 0.515. The van der Waals surface area contributed by atoms with Gasteiger partial charge >= 0.3 is 0 Å². The molecule has 1 aromatic heterocycles. The second-order valence-electron chi connectivity index (χ2n) is 5.69. The summed E-state index contributed by atoms with van der Waals surface area (Å²) in [5, 5.41) is 22.9. The second-order valence-corrected chi connectivity index (χ2v) is 7.04. The van der Waals surface area contributed by atoms with Gasteiger partial charge in [-0.3, -0.25) is 24.8 Å². The number of carbonyl (C=O) groups excluding carboxylic acids is 1. The zero-order chi connectivity index (χ0) is 20.1. The Hall–Kier alpha value is -2.91. The van der Waals surface area contributed by atoms with Gasteiger partial charge in [0.15, 0.2) is 5.16 Å². The highest BCUT2D eigenvalue weighted by molar-refractivity contribution is 7.98. The first kappa shape index (κ1) is 19.8. The molecule has 0 unspecified atom stereocenters. The molecule has 1 amide bonds. The molecule has 0 atom stereocenters. The number of benzene rings is 2. The third-order valence-corrected chi connectivity index (χ3v) is 5.30. The molecule has 0 spiro atoms. The lowest BCUT2D eigenvalue weighted by atomic mass is 10.2. The van der Waals surface area contributed by atoms with Gasteiger partial charge in [0.25, 0.3) is 11.6 Å². The molecule has 8 nitrogen and oxygen atoms in total. The quantitative estimate of drug-likeness (QED) is 0.347. The molecule has 1 heterocycles. The minimum Gasteiger partial charge on any atom is -0.290 e. The Balaban J connectivity index is 1.71. The van der Waals surface area contributed by atoms with Crippen LogP contribution in [0, 0.1) is 10.1 Å². The molecule has 0 saturated carbocycles. The molecule has 144 valence electrons. The minimum absolute atomic E-state index is 0.0773. The Morgan fingerprint density at radius 1 is 1.21 bits per heavy atom. The highest BCUT2D eigenvalue weighted by Crippen LogP contribution is 2.27. The maximum absolute atomic E-state index is 12.4. The van der Waals surface area contributed by atoms with Gasteiger partial charge in [-0.15, -0.1) is 10.2 Å². The van der Waals surface area contributed by atoms with Gasteiger partial charge < -0.3 is 0 Å². The molecule has 0 radical (unpaired) electrons. The molecule has 28 heavy (non-hydrogen) atoms. The summed E-state index contributed by atoms with van der Waals surface area (Å²) in [4.78, 5) is 22.6. The lowest BCUT2D eigenvalue weighted by Crippen LogP contribution is -2.16. The summed E-state index contributed by atoms with van der Waals surface area (Å²) in [5.41, 5.74) is 1.20. The number of amides is 1. The first-order valence-corrected chi connectivity index (χ1v) is 9.71. The lowest BCUT2D eigenvalue weighted by Gasteiger charge is -2.09. The standard InChI is InChI=1S/C18H16ClN5O3S/c1-2-23-17(20-16(25)12-7-9-14(10-8-12)24(26)27)21-22-18(23)28-11-13-5-3-4-6-15(13)19/h3-10H,2,11H2,1H3,(H,20,21,25). The number of nitrogens with one attached hydrogen (secondary N) is 1. The van der Waals surface area contributed by atoms with E-state index in [-0.39, 0.29) is 5.69 Å². The van der Waals surface area contributed by atoms with E-state index in [9.17, 15) is 14.9 Å². The number of hydrogen-bond acceptors (Lipinski definition) is 6. The molecular weight excluding hydrogens is 402 g/mol. The third kappa shape index (κ3) is 4.49. The van der Waals surface area contributed by atoms with E-state index in [1.54, 1.807) is 4.57 Å². The average molecular weight is 418 g/mol. The summed E-state index contributed by atoms with van der Waals surface area (Å²) in [7, 11) is 0. The zero-order valence-corrected chi connectivity index (χ0v) is 16.4. The van der Waals surface area contributed by atoms with E-state index in [2.05, 4.69) is 15.5 Å². The number of hydrogen-bond donors (Lipinski definition) is 1. The Labute approximate surface area is 170 Å². The van der Waals surface area contributed by atoms with Crippen LogP contribution in [0.4, 0.5) is 11.6 Å². The van der Waals surface area contributed by atoms with E-state index >= 15 is 0 Å². The Morgan fingerprint density at radius 3 is 2.57 bits per heavy atom. The summed E-state index contributed by atoms with van der Waals surface area (Å²) < 4.78 is 1.78. The number of nitro benzene ring substituents is 1. The maximum Gasteiger partial charge on any atom is 0.269 e. The van der Waals surface area contributed by atoms with E-state index in [1.165, 1.54) is 36.0 Å². The molecular formula is C18H16ClN5O3S. The van der Waals surface area contributed by atoms with Crippen LogP contribution in [0.3, 0.4) is 0 Å². The third-order valence-electron chi connectivity index (χ3n) is 3.91. The van der Waals surface area contributed by atoms with Crippen molar-refractivity contribution in [2.75, 3.05) is 5.32 Å². The Morgan fingerprint density at radius 2 is 1.93 bits per heavy atom. The first-order valence-electron chi connectivity index (χ1n) is 8.34. The monoisotopic (exact) mass is 417 g/mol. The van der Waals surface area contributed by atoms with Crippen LogP contribution in [0.25, 0.3) is 0 Å². The van der Waals surface area contributed by atoms with Crippen molar-refractivity contribution in [2.24, 2.45) is 0 Å². The number of halogens is 1. The van der Waals surface area contributed by atoms with Crippen LogP contribution in [0.2, 0.25) is 5.02 Å². The molecule has 2 aromatic carbocycles. The van der Waals surface area contributed by atoms with E-state index in [0.717, 1.165) is 5.56 Å². The minimum atomic E-state index is -0.516. The van der Waals surface area contributed by atoms with Gasteiger partial charge in [-0.05, 0) is 30.7 Å². The molecule has 0 fully saturated rings. The lowest BCUT2D eigenvalue weighted by molar-refractivity contribution is -0.384.